The average molecular weight is 118 g/mol. The van der Waals surface area contributed by atoms with Crippen LogP contribution >= 0.6 is 0 Å². The molecule has 0 aromatic rings. The predicted molar refractivity (Wildman–Crippen MR) is 40.7 cm³/mol. The van der Waals surface area contributed by atoms with Gasteiger partial charge in [0.2, 0.25) is 0 Å². The molecule has 0 aliphatic carbocycles. The SMILES string of the molecule is C#CCC#CCCC=C. The van der Waals surface area contributed by atoms with Gasteiger partial charge in [-0.15, -0.1) is 18.9 Å². The van der Waals surface area contributed by atoms with Crippen molar-refractivity contribution >= 4 is 0 Å². The van der Waals surface area contributed by atoms with Gasteiger partial charge in [-0.05, 0) is 6.42 Å². The summed E-state index contributed by atoms with van der Waals surface area (Å²) >= 11 is 0. The number of unbranched alkanes of at least 4 members (excludes halogenated alkanes) is 1. The number of terminal acetylenes is 1. The molecule has 0 spiro atoms. The van der Waals surface area contributed by atoms with Gasteiger partial charge in [0, 0.05) is 6.42 Å². The van der Waals surface area contributed by atoms with E-state index in [1.54, 1.807) is 0 Å². The van der Waals surface area contributed by atoms with E-state index in [2.05, 4.69) is 24.3 Å². The molecule has 0 aromatic carbocycles. The van der Waals surface area contributed by atoms with E-state index >= 15 is 0 Å². The van der Waals surface area contributed by atoms with Gasteiger partial charge in [0.15, 0.2) is 0 Å². The molecule has 0 amide bonds. The maximum Gasteiger partial charge on any atom is 0.0700 e. The fraction of sp³-hybridized carbons (Fsp3) is 0.333. The lowest BCUT2D eigenvalue weighted by molar-refractivity contribution is 1.09. The molecule has 0 aliphatic rings. The highest BCUT2D eigenvalue weighted by molar-refractivity contribution is 5.07. The normalized spacial score (nSPS) is 6.56. The minimum absolute atomic E-state index is 0.567. The van der Waals surface area contributed by atoms with Crippen LogP contribution in [0.3, 0.4) is 0 Å². The van der Waals surface area contributed by atoms with Gasteiger partial charge < -0.3 is 0 Å². The number of rotatable bonds is 2. The van der Waals surface area contributed by atoms with Gasteiger partial charge in [-0.1, -0.05) is 17.9 Å². The monoisotopic (exact) mass is 118 g/mol. The van der Waals surface area contributed by atoms with E-state index in [0.29, 0.717) is 6.42 Å². The van der Waals surface area contributed by atoms with Crippen LogP contribution in [0.5, 0.6) is 0 Å². The topological polar surface area (TPSA) is 0 Å². The molecular weight excluding hydrogens is 108 g/mol. The first-order chi connectivity index (χ1) is 4.41. The van der Waals surface area contributed by atoms with Crippen LogP contribution in [0.25, 0.3) is 0 Å². The molecule has 0 nitrogen and oxygen atoms in total. The minimum Gasteiger partial charge on any atom is -0.119 e. The summed E-state index contributed by atoms with van der Waals surface area (Å²) in [5, 5.41) is 0. The van der Waals surface area contributed by atoms with Crippen molar-refractivity contribution in [3.05, 3.63) is 12.7 Å². The highest BCUT2D eigenvalue weighted by Gasteiger charge is 1.70. The Balaban J connectivity index is 3.18. The summed E-state index contributed by atoms with van der Waals surface area (Å²) in [6.45, 7) is 3.57. The summed E-state index contributed by atoms with van der Waals surface area (Å²) in [4.78, 5) is 0. The van der Waals surface area contributed by atoms with Crippen LogP contribution in [0.1, 0.15) is 19.3 Å². The highest BCUT2D eigenvalue weighted by atomic mass is 13.7. The van der Waals surface area contributed by atoms with Crippen molar-refractivity contribution in [3.8, 4) is 24.2 Å². The quantitative estimate of drug-likeness (QED) is 0.295. The van der Waals surface area contributed by atoms with Crippen LogP contribution in [0, 0.1) is 24.2 Å². The lowest BCUT2D eigenvalue weighted by atomic mass is 10.3. The molecule has 0 aromatic heterocycles. The second-order valence-electron chi connectivity index (χ2n) is 1.56. The largest absolute Gasteiger partial charge is 0.119 e. The third kappa shape index (κ3) is 6.86. The van der Waals surface area contributed by atoms with Crippen LogP contribution in [0.15, 0.2) is 12.7 Å². The first-order valence-corrected chi connectivity index (χ1v) is 2.92. The van der Waals surface area contributed by atoms with E-state index in [1.165, 1.54) is 0 Å². The van der Waals surface area contributed by atoms with Crippen molar-refractivity contribution in [2.24, 2.45) is 0 Å². The molecule has 0 bridgehead atoms. The Hall–Kier alpha value is -1.14. The van der Waals surface area contributed by atoms with E-state index in [1.807, 2.05) is 6.08 Å². The Kier molecular flexibility index (Phi) is 5.99. The Morgan fingerprint density at radius 1 is 1.44 bits per heavy atom. The smallest absolute Gasteiger partial charge is 0.0700 e. The third-order valence-electron chi connectivity index (χ3n) is 0.789. The fourth-order valence-electron chi connectivity index (χ4n) is 0.376. The third-order valence-corrected chi connectivity index (χ3v) is 0.789. The fourth-order valence-corrected chi connectivity index (χ4v) is 0.376. The van der Waals surface area contributed by atoms with Crippen LogP contribution in [0.4, 0.5) is 0 Å². The van der Waals surface area contributed by atoms with Gasteiger partial charge in [-0.3, -0.25) is 0 Å². The highest BCUT2D eigenvalue weighted by Crippen LogP contribution is 1.85. The van der Waals surface area contributed by atoms with Crippen LogP contribution in [-0.2, 0) is 0 Å². The maximum atomic E-state index is 4.97. The molecule has 46 valence electrons. The summed E-state index contributed by atoms with van der Waals surface area (Å²) in [6.07, 6.45) is 9.23. The molecule has 0 fully saturated rings. The van der Waals surface area contributed by atoms with Crippen molar-refractivity contribution in [2.45, 2.75) is 19.3 Å². The van der Waals surface area contributed by atoms with Crippen molar-refractivity contribution in [1.82, 2.24) is 0 Å². The lowest BCUT2D eigenvalue weighted by Gasteiger charge is -1.77. The molecule has 0 saturated heterocycles. The summed E-state index contributed by atoms with van der Waals surface area (Å²) in [5.41, 5.74) is 0. The predicted octanol–water partition coefficient (Wildman–Crippen LogP) is 1.98. The van der Waals surface area contributed by atoms with Gasteiger partial charge >= 0.3 is 0 Å². The molecule has 0 aliphatic heterocycles. The molecular formula is C9H10. The van der Waals surface area contributed by atoms with Crippen LogP contribution in [-0.4, -0.2) is 0 Å². The second-order valence-corrected chi connectivity index (χ2v) is 1.56. The average Bonchev–Trinajstić information content (AvgIpc) is 1.89. The van der Waals surface area contributed by atoms with Gasteiger partial charge in [0.05, 0.1) is 6.42 Å². The Morgan fingerprint density at radius 3 is 2.78 bits per heavy atom. The first-order valence-electron chi connectivity index (χ1n) is 2.92. The van der Waals surface area contributed by atoms with Crippen molar-refractivity contribution < 1.29 is 0 Å². The number of hydrogen-bond acceptors (Lipinski definition) is 0. The van der Waals surface area contributed by atoms with E-state index < -0.39 is 0 Å². The zero-order valence-electron chi connectivity index (χ0n) is 5.48. The van der Waals surface area contributed by atoms with E-state index in [0.717, 1.165) is 12.8 Å². The number of allylic oxidation sites excluding steroid dienone is 1. The number of hydrogen-bond donors (Lipinski definition) is 0. The summed E-state index contributed by atoms with van der Waals surface area (Å²) in [5.74, 6) is 8.20. The van der Waals surface area contributed by atoms with E-state index in [-0.39, 0.29) is 0 Å². The van der Waals surface area contributed by atoms with Crippen LogP contribution < -0.4 is 0 Å². The van der Waals surface area contributed by atoms with Gasteiger partial charge in [0.1, 0.15) is 0 Å². The van der Waals surface area contributed by atoms with Crippen LogP contribution in [0.2, 0.25) is 0 Å². The van der Waals surface area contributed by atoms with Gasteiger partial charge in [-0.2, -0.15) is 0 Å². The first kappa shape index (κ1) is 7.86. The summed E-state index contributed by atoms with van der Waals surface area (Å²) in [7, 11) is 0. The molecule has 9 heavy (non-hydrogen) atoms. The van der Waals surface area contributed by atoms with Crippen molar-refractivity contribution in [3.63, 3.8) is 0 Å². The molecule has 0 atom stereocenters. The van der Waals surface area contributed by atoms with Crippen molar-refractivity contribution in [1.29, 1.82) is 0 Å². The standard InChI is InChI=1S/C9H10/c1-3-5-7-9-8-6-4-2/h1,4H,2,5-6,8H2. The molecule has 0 rings (SSSR count). The second kappa shape index (κ2) is 6.86. The molecule has 0 unspecified atom stereocenters. The molecule has 0 saturated carbocycles. The van der Waals surface area contributed by atoms with Gasteiger partial charge in [-0.25, -0.2) is 0 Å². The van der Waals surface area contributed by atoms with Gasteiger partial charge in [0.25, 0.3) is 0 Å². The van der Waals surface area contributed by atoms with E-state index in [9.17, 15) is 0 Å². The molecule has 0 heteroatoms. The molecule has 0 radical (unpaired) electrons. The zero-order chi connectivity index (χ0) is 6.95. The van der Waals surface area contributed by atoms with E-state index in [4.69, 9.17) is 6.42 Å². The lowest BCUT2D eigenvalue weighted by Crippen LogP contribution is -1.63. The maximum absolute atomic E-state index is 4.97. The Bertz CT molecular complexity index is 159. The zero-order valence-corrected chi connectivity index (χ0v) is 5.48. The molecule has 0 heterocycles. The minimum atomic E-state index is 0.567. The summed E-state index contributed by atoms with van der Waals surface area (Å²) < 4.78 is 0. The molecule has 0 N–H and O–H groups in total. The Labute approximate surface area is 57.0 Å². The summed E-state index contributed by atoms with van der Waals surface area (Å²) in [6, 6.07) is 0. The Morgan fingerprint density at radius 2 is 2.22 bits per heavy atom. The van der Waals surface area contributed by atoms with Crippen molar-refractivity contribution in [2.75, 3.05) is 0 Å².